The van der Waals surface area contributed by atoms with E-state index < -0.39 is 20.8 Å². The Labute approximate surface area is 111 Å². The molecule has 0 aromatic rings. The van der Waals surface area contributed by atoms with Crippen molar-refractivity contribution in [2.75, 3.05) is 11.5 Å². The molecule has 0 bridgehead atoms. The molecule has 5 N–H and O–H groups in total. The standard InChI is InChI=1S/C8H18O5S3.H3N/c1-4-14-8(15-5-2,6-7(3)9)13-16(10,11)12;/h7,9H,4-6H2,1-3H3,(H,10,11,12);1H3. The number of aliphatic hydroxyl groups excluding tert-OH is 1. The van der Waals surface area contributed by atoms with Gasteiger partial charge in [0.2, 0.25) is 10.4 Å². The number of hydrogen-bond acceptors (Lipinski definition) is 7. The Balaban J connectivity index is 0. The van der Waals surface area contributed by atoms with Gasteiger partial charge in [-0.1, -0.05) is 13.8 Å². The van der Waals surface area contributed by atoms with Gasteiger partial charge in [-0.15, -0.1) is 23.5 Å². The monoisotopic (exact) mass is 307 g/mol. The van der Waals surface area contributed by atoms with Gasteiger partial charge in [-0.2, -0.15) is 0 Å². The Morgan fingerprint density at radius 3 is 2.00 bits per heavy atom. The predicted octanol–water partition coefficient (Wildman–Crippen LogP) is 1.77. The van der Waals surface area contributed by atoms with Gasteiger partial charge in [0.25, 0.3) is 0 Å². The van der Waals surface area contributed by atoms with Crippen LogP contribution in [0.3, 0.4) is 0 Å². The van der Waals surface area contributed by atoms with E-state index in [1.54, 1.807) is 0 Å². The first-order valence-corrected chi connectivity index (χ1v) is 8.17. The first kappa shape index (κ1) is 19.8. The summed E-state index contributed by atoms with van der Waals surface area (Å²) < 4.78 is 35.5. The lowest BCUT2D eigenvalue weighted by Gasteiger charge is -2.33. The van der Waals surface area contributed by atoms with Crippen LogP contribution in [0.15, 0.2) is 0 Å². The average molecular weight is 307 g/mol. The maximum Gasteiger partial charge on any atom is 0.219 e. The van der Waals surface area contributed by atoms with Crippen LogP contribution in [0.25, 0.3) is 0 Å². The average Bonchev–Trinajstić information content (AvgIpc) is 1.98. The van der Waals surface area contributed by atoms with Crippen molar-refractivity contribution in [3.63, 3.8) is 0 Å². The number of thioether (sulfide) groups is 2. The summed E-state index contributed by atoms with van der Waals surface area (Å²) in [6.07, 6.45) is -0.647. The Bertz CT molecular complexity index is 288. The minimum absolute atomic E-state index is 0. The molecule has 0 saturated heterocycles. The zero-order chi connectivity index (χ0) is 12.8. The van der Waals surface area contributed by atoms with Crippen LogP contribution in [0, 0.1) is 0 Å². The highest BCUT2D eigenvalue weighted by Gasteiger charge is 2.35. The third kappa shape index (κ3) is 9.11. The number of rotatable bonds is 8. The molecule has 1 unspecified atom stereocenters. The smallest absolute Gasteiger partial charge is 0.219 e. The highest BCUT2D eigenvalue weighted by atomic mass is 32.3. The van der Waals surface area contributed by atoms with Crippen molar-refractivity contribution < 1.29 is 22.3 Å². The van der Waals surface area contributed by atoms with Gasteiger partial charge in [0.05, 0.1) is 6.10 Å². The van der Waals surface area contributed by atoms with Crippen LogP contribution in [0.4, 0.5) is 0 Å². The third-order valence-corrected chi connectivity index (χ3v) is 4.87. The second kappa shape index (κ2) is 8.57. The quantitative estimate of drug-likeness (QED) is 0.398. The molecule has 9 heteroatoms. The first-order chi connectivity index (χ1) is 7.24. The van der Waals surface area contributed by atoms with Crippen LogP contribution >= 0.6 is 23.5 Å². The van der Waals surface area contributed by atoms with E-state index in [2.05, 4.69) is 4.18 Å². The summed E-state index contributed by atoms with van der Waals surface area (Å²) in [5.74, 6) is 1.18. The zero-order valence-electron chi connectivity index (χ0n) is 10.5. The van der Waals surface area contributed by atoms with Crippen LogP contribution in [0.5, 0.6) is 0 Å². The highest BCUT2D eigenvalue weighted by Crippen LogP contribution is 2.43. The van der Waals surface area contributed by atoms with Crippen molar-refractivity contribution >= 4 is 33.9 Å². The lowest BCUT2D eigenvalue weighted by Crippen LogP contribution is -2.32. The normalized spacial score (nSPS) is 14.2. The summed E-state index contributed by atoms with van der Waals surface area (Å²) >= 11 is 2.41. The minimum Gasteiger partial charge on any atom is -0.725 e. The maximum atomic E-state index is 10.7. The molecule has 0 aliphatic heterocycles. The van der Waals surface area contributed by atoms with Gasteiger partial charge >= 0.3 is 0 Å². The molecule has 0 aromatic carbocycles. The molecule has 0 rings (SSSR count). The van der Waals surface area contributed by atoms with Crippen LogP contribution in [0.2, 0.25) is 0 Å². The molecule has 0 aliphatic rings. The van der Waals surface area contributed by atoms with E-state index in [0.29, 0.717) is 11.5 Å². The molecule has 0 aliphatic carbocycles. The number of hydrogen-bond donors (Lipinski definition) is 2. The van der Waals surface area contributed by atoms with Crippen LogP contribution in [-0.2, 0) is 14.6 Å². The second-order valence-electron chi connectivity index (χ2n) is 3.09. The summed E-state index contributed by atoms with van der Waals surface area (Å²) in [5, 5.41) is 9.33. The van der Waals surface area contributed by atoms with Crippen LogP contribution in [-0.4, -0.2) is 40.0 Å². The van der Waals surface area contributed by atoms with Crippen molar-refractivity contribution in [3.05, 3.63) is 0 Å². The molecular formula is C8H21NO5S3. The van der Waals surface area contributed by atoms with E-state index in [4.69, 9.17) is 0 Å². The van der Waals surface area contributed by atoms with Gasteiger partial charge < -0.3 is 15.8 Å². The molecule has 0 radical (unpaired) electrons. The van der Waals surface area contributed by atoms with Crippen molar-refractivity contribution in [2.45, 2.75) is 37.6 Å². The molecule has 106 valence electrons. The van der Waals surface area contributed by atoms with Gasteiger partial charge in [0, 0.05) is 6.42 Å². The SMILES string of the molecule is CCSC(CC(C)O)(OS(=O)(=O)[O-])SCC.[NH4+]. The molecule has 0 saturated carbocycles. The fraction of sp³-hybridized carbons (Fsp3) is 1.00. The summed E-state index contributed by atoms with van der Waals surface area (Å²) in [6.45, 7) is 5.19. The fourth-order valence-corrected chi connectivity index (χ4v) is 5.10. The summed E-state index contributed by atoms with van der Waals surface area (Å²) in [5.41, 5.74) is 0. The Kier molecular flexibility index (Phi) is 9.99. The van der Waals surface area contributed by atoms with E-state index in [0.717, 1.165) is 0 Å². The van der Waals surface area contributed by atoms with Crippen LogP contribution < -0.4 is 6.15 Å². The van der Waals surface area contributed by atoms with Gasteiger partial charge in [0.15, 0.2) is 4.27 Å². The second-order valence-corrected chi connectivity index (χ2v) is 7.39. The van der Waals surface area contributed by atoms with Crippen molar-refractivity contribution in [1.29, 1.82) is 0 Å². The topological polar surface area (TPSA) is 123 Å². The van der Waals surface area contributed by atoms with Crippen LogP contribution in [0.1, 0.15) is 27.2 Å². The fourth-order valence-electron chi connectivity index (χ4n) is 1.20. The molecule has 0 fully saturated rings. The molecule has 1 atom stereocenters. The lowest BCUT2D eigenvalue weighted by molar-refractivity contribution is 0.125. The molecule has 0 amide bonds. The van der Waals surface area contributed by atoms with E-state index >= 15 is 0 Å². The van der Waals surface area contributed by atoms with Crippen molar-refractivity contribution in [1.82, 2.24) is 6.15 Å². The number of quaternary nitrogens is 1. The molecule has 0 spiro atoms. The minimum atomic E-state index is -4.77. The molecule has 6 nitrogen and oxygen atoms in total. The first-order valence-electron chi connectivity index (χ1n) is 4.87. The summed E-state index contributed by atoms with van der Waals surface area (Å²) in [4.78, 5) is 0. The summed E-state index contributed by atoms with van der Waals surface area (Å²) in [6, 6.07) is 0. The maximum absolute atomic E-state index is 10.7. The number of aliphatic hydroxyl groups is 1. The van der Waals surface area contributed by atoms with E-state index in [1.807, 2.05) is 13.8 Å². The molecule has 0 heterocycles. The third-order valence-electron chi connectivity index (χ3n) is 1.50. The zero-order valence-corrected chi connectivity index (χ0v) is 13.0. The van der Waals surface area contributed by atoms with E-state index in [-0.39, 0.29) is 12.6 Å². The Morgan fingerprint density at radius 1 is 1.35 bits per heavy atom. The highest BCUT2D eigenvalue weighted by molar-refractivity contribution is 8.18. The van der Waals surface area contributed by atoms with Gasteiger partial charge in [0.1, 0.15) is 0 Å². The van der Waals surface area contributed by atoms with Gasteiger partial charge in [-0.25, -0.2) is 8.42 Å². The van der Waals surface area contributed by atoms with Crippen molar-refractivity contribution in [3.8, 4) is 0 Å². The molecular weight excluding hydrogens is 286 g/mol. The lowest BCUT2D eigenvalue weighted by atomic mass is 10.3. The van der Waals surface area contributed by atoms with E-state index in [9.17, 15) is 18.1 Å². The predicted molar refractivity (Wildman–Crippen MR) is 72.1 cm³/mol. The Morgan fingerprint density at radius 2 is 1.76 bits per heavy atom. The van der Waals surface area contributed by atoms with Gasteiger partial charge in [-0.3, -0.25) is 4.18 Å². The van der Waals surface area contributed by atoms with Gasteiger partial charge in [-0.05, 0) is 18.4 Å². The largest absolute Gasteiger partial charge is 0.725 e. The molecule has 17 heavy (non-hydrogen) atoms. The Hall–Kier alpha value is 0.490. The van der Waals surface area contributed by atoms with Crippen molar-refractivity contribution in [2.24, 2.45) is 0 Å². The summed E-state index contributed by atoms with van der Waals surface area (Å²) in [7, 11) is -4.77. The molecule has 0 aromatic heterocycles. The van der Waals surface area contributed by atoms with E-state index in [1.165, 1.54) is 30.4 Å².